The minimum absolute atomic E-state index is 0.134. The lowest BCUT2D eigenvalue weighted by Gasteiger charge is -2.37. The molecule has 1 fully saturated rings. The first-order valence-corrected chi connectivity index (χ1v) is 8.29. The summed E-state index contributed by atoms with van der Waals surface area (Å²) in [5.41, 5.74) is -0.345. The van der Waals surface area contributed by atoms with Crippen LogP contribution in [-0.2, 0) is 4.84 Å². The highest BCUT2D eigenvalue weighted by atomic mass is 16.8. The number of hydrogen-bond acceptors (Lipinski definition) is 7. The van der Waals surface area contributed by atoms with Gasteiger partial charge in [0.2, 0.25) is 12.9 Å². The lowest BCUT2D eigenvalue weighted by molar-refractivity contribution is -0.655. The molecule has 2 aromatic carbocycles. The first kappa shape index (κ1) is 15.4. The van der Waals surface area contributed by atoms with Gasteiger partial charge in [0.25, 0.3) is 0 Å². The SMILES string of the molecule is CN1C[C@@H]2c3ccccc3O[C@H](c3ccc4c(c3)OCO4)[C@]2([N+](=O)[O-])O1. The van der Waals surface area contributed by atoms with E-state index in [9.17, 15) is 10.1 Å². The molecule has 3 aliphatic rings. The Bertz CT molecular complexity index is 903. The lowest BCUT2D eigenvalue weighted by atomic mass is 9.80. The topological polar surface area (TPSA) is 83.3 Å². The Labute approximate surface area is 148 Å². The van der Waals surface area contributed by atoms with Gasteiger partial charge < -0.3 is 14.2 Å². The molecule has 0 aliphatic carbocycles. The van der Waals surface area contributed by atoms with E-state index in [1.54, 1.807) is 25.2 Å². The van der Waals surface area contributed by atoms with Crippen LogP contribution in [0.15, 0.2) is 42.5 Å². The molecule has 0 aromatic heterocycles. The van der Waals surface area contributed by atoms with Gasteiger partial charge in [-0.3, -0.25) is 10.1 Å². The Hall–Kier alpha value is -2.84. The fraction of sp³-hybridized carbons (Fsp3) is 0.333. The molecule has 2 aromatic rings. The standard InChI is InChI=1S/C18H16N2O6/c1-19-9-13-12-4-2-3-5-14(12)25-17(18(13,26-19)20(21)22)11-6-7-15-16(8-11)24-10-23-15/h2-8,13,17H,9-10H2,1H3/t13-,17-,18-/m1/s1. The maximum absolute atomic E-state index is 12.2. The van der Waals surface area contributed by atoms with Gasteiger partial charge in [-0.25, -0.2) is 4.84 Å². The predicted octanol–water partition coefficient (Wildman–Crippen LogP) is 2.48. The van der Waals surface area contributed by atoms with Crippen molar-refractivity contribution in [2.45, 2.75) is 17.7 Å². The molecule has 0 unspecified atom stereocenters. The molecule has 5 rings (SSSR count). The number of rotatable bonds is 2. The van der Waals surface area contributed by atoms with Crippen molar-refractivity contribution in [1.29, 1.82) is 0 Å². The Morgan fingerprint density at radius 1 is 1.15 bits per heavy atom. The van der Waals surface area contributed by atoms with Crippen molar-refractivity contribution in [1.82, 2.24) is 5.06 Å². The largest absolute Gasteiger partial charge is 0.475 e. The minimum Gasteiger partial charge on any atom is -0.475 e. The van der Waals surface area contributed by atoms with Crippen molar-refractivity contribution in [2.75, 3.05) is 20.4 Å². The van der Waals surface area contributed by atoms with E-state index in [2.05, 4.69) is 0 Å². The van der Waals surface area contributed by atoms with E-state index < -0.39 is 17.7 Å². The molecule has 0 amide bonds. The third kappa shape index (κ3) is 1.96. The second-order valence-corrected chi connectivity index (χ2v) is 6.61. The van der Waals surface area contributed by atoms with Crippen molar-refractivity contribution in [3.8, 4) is 17.2 Å². The third-order valence-electron chi connectivity index (χ3n) is 5.14. The molecule has 0 spiro atoms. The highest BCUT2D eigenvalue weighted by molar-refractivity contribution is 5.48. The van der Waals surface area contributed by atoms with Gasteiger partial charge in [-0.1, -0.05) is 24.3 Å². The quantitative estimate of drug-likeness (QED) is 0.604. The highest BCUT2D eigenvalue weighted by Gasteiger charge is 2.68. The number of benzene rings is 2. The molecule has 0 radical (unpaired) electrons. The van der Waals surface area contributed by atoms with E-state index in [1.165, 1.54) is 5.06 Å². The number of nitrogens with zero attached hydrogens (tertiary/aromatic N) is 2. The number of hydrogen-bond donors (Lipinski definition) is 0. The van der Waals surface area contributed by atoms with Crippen LogP contribution in [0.25, 0.3) is 0 Å². The average molecular weight is 356 g/mol. The summed E-state index contributed by atoms with van der Waals surface area (Å²) >= 11 is 0. The molecular formula is C18H16N2O6. The van der Waals surface area contributed by atoms with Crippen LogP contribution in [0.3, 0.4) is 0 Å². The molecule has 1 saturated heterocycles. The zero-order chi connectivity index (χ0) is 17.9. The van der Waals surface area contributed by atoms with Gasteiger partial charge in [0.05, 0.1) is 4.92 Å². The fourth-order valence-corrected chi connectivity index (χ4v) is 4.02. The lowest BCUT2D eigenvalue weighted by Crippen LogP contribution is -2.53. The number of para-hydroxylation sites is 1. The first-order valence-electron chi connectivity index (χ1n) is 8.29. The van der Waals surface area contributed by atoms with E-state index in [0.29, 0.717) is 29.4 Å². The number of likely N-dealkylation sites (N-methyl/N-ethyl adjacent to an activating group) is 1. The molecule has 3 aliphatic heterocycles. The summed E-state index contributed by atoms with van der Waals surface area (Å²) in [6.45, 7) is 0.539. The molecule has 0 saturated carbocycles. The summed E-state index contributed by atoms with van der Waals surface area (Å²) in [6.07, 6.45) is -0.920. The number of nitro groups is 1. The highest BCUT2D eigenvalue weighted by Crippen LogP contribution is 2.54. The molecule has 0 N–H and O–H groups in total. The van der Waals surface area contributed by atoms with Gasteiger partial charge in [-0.05, 0) is 18.2 Å². The van der Waals surface area contributed by atoms with Crippen LogP contribution in [0.2, 0.25) is 0 Å². The second-order valence-electron chi connectivity index (χ2n) is 6.61. The Morgan fingerprint density at radius 3 is 2.81 bits per heavy atom. The van der Waals surface area contributed by atoms with E-state index in [4.69, 9.17) is 19.0 Å². The van der Waals surface area contributed by atoms with Crippen LogP contribution in [0.1, 0.15) is 23.1 Å². The first-order chi connectivity index (χ1) is 12.6. The monoisotopic (exact) mass is 356 g/mol. The Kier molecular flexibility index (Phi) is 3.16. The molecule has 0 bridgehead atoms. The van der Waals surface area contributed by atoms with Gasteiger partial charge >= 0.3 is 5.72 Å². The van der Waals surface area contributed by atoms with Crippen molar-refractivity contribution >= 4 is 0 Å². The van der Waals surface area contributed by atoms with Crippen molar-refractivity contribution in [3.05, 3.63) is 63.7 Å². The van der Waals surface area contributed by atoms with Gasteiger partial charge in [0.15, 0.2) is 11.5 Å². The predicted molar refractivity (Wildman–Crippen MR) is 88.6 cm³/mol. The maximum atomic E-state index is 12.2. The van der Waals surface area contributed by atoms with Crippen molar-refractivity contribution in [3.63, 3.8) is 0 Å². The summed E-state index contributed by atoms with van der Waals surface area (Å²) in [4.78, 5) is 17.7. The molecule has 8 nitrogen and oxygen atoms in total. The number of fused-ring (bicyclic) bond motifs is 4. The summed E-state index contributed by atoms with van der Waals surface area (Å²) in [5.74, 6) is 1.34. The van der Waals surface area contributed by atoms with Gasteiger partial charge in [-0.15, -0.1) is 0 Å². The summed E-state index contributed by atoms with van der Waals surface area (Å²) in [6, 6.07) is 12.6. The van der Waals surface area contributed by atoms with E-state index in [-0.39, 0.29) is 11.7 Å². The Morgan fingerprint density at radius 2 is 1.96 bits per heavy atom. The van der Waals surface area contributed by atoms with Crippen LogP contribution < -0.4 is 14.2 Å². The van der Waals surface area contributed by atoms with Crippen LogP contribution in [-0.4, -0.2) is 36.1 Å². The van der Waals surface area contributed by atoms with Crippen molar-refractivity contribution in [2.24, 2.45) is 0 Å². The normalized spacial score (nSPS) is 29.0. The molecule has 134 valence electrons. The zero-order valence-electron chi connectivity index (χ0n) is 14.0. The van der Waals surface area contributed by atoms with Crippen molar-refractivity contribution < 1.29 is 24.0 Å². The number of hydroxylamine groups is 2. The summed E-state index contributed by atoms with van der Waals surface area (Å²) in [5, 5.41) is 13.8. The number of ether oxygens (including phenoxy) is 3. The van der Waals surface area contributed by atoms with E-state index in [1.807, 2.05) is 24.3 Å². The van der Waals surface area contributed by atoms with E-state index >= 15 is 0 Å². The summed E-state index contributed by atoms with van der Waals surface area (Å²) in [7, 11) is 1.70. The Balaban J connectivity index is 1.69. The second kappa shape index (κ2) is 5.33. The smallest absolute Gasteiger partial charge is 0.389 e. The minimum atomic E-state index is -1.74. The van der Waals surface area contributed by atoms with Crippen LogP contribution >= 0.6 is 0 Å². The molecule has 3 atom stereocenters. The molecule has 8 heteroatoms. The zero-order valence-corrected chi connectivity index (χ0v) is 14.0. The van der Waals surface area contributed by atoms with Crippen LogP contribution in [0.4, 0.5) is 0 Å². The summed E-state index contributed by atoms with van der Waals surface area (Å²) < 4.78 is 16.9. The van der Waals surface area contributed by atoms with Gasteiger partial charge in [0, 0.05) is 24.7 Å². The molecule has 3 heterocycles. The average Bonchev–Trinajstić information content (AvgIpc) is 3.24. The molecule has 26 heavy (non-hydrogen) atoms. The van der Waals surface area contributed by atoms with Gasteiger partial charge in [0.1, 0.15) is 11.7 Å². The fourth-order valence-electron chi connectivity index (χ4n) is 4.02. The van der Waals surface area contributed by atoms with Crippen LogP contribution in [0, 0.1) is 10.1 Å². The van der Waals surface area contributed by atoms with Gasteiger partial charge in [-0.2, -0.15) is 5.06 Å². The van der Waals surface area contributed by atoms with E-state index in [0.717, 1.165) is 5.56 Å². The maximum Gasteiger partial charge on any atom is 0.389 e. The van der Waals surface area contributed by atoms with Crippen LogP contribution in [0.5, 0.6) is 17.2 Å². The third-order valence-corrected chi connectivity index (χ3v) is 5.14. The molecular weight excluding hydrogens is 340 g/mol.